The van der Waals surface area contributed by atoms with Crippen molar-refractivity contribution >= 4 is 29.2 Å². The third kappa shape index (κ3) is 4.88. The number of nitrogens with zero attached hydrogens (tertiary/aromatic N) is 4. The van der Waals surface area contributed by atoms with Crippen LogP contribution in [-0.2, 0) is 4.74 Å². The van der Waals surface area contributed by atoms with Crippen LogP contribution in [0.15, 0.2) is 41.7 Å². The number of piperidine rings is 1. The summed E-state index contributed by atoms with van der Waals surface area (Å²) in [5.41, 5.74) is 2.82. The van der Waals surface area contributed by atoms with Gasteiger partial charge in [-0.15, -0.1) is 11.3 Å². The first-order chi connectivity index (χ1) is 15.6. The first kappa shape index (κ1) is 22.5. The van der Waals surface area contributed by atoms with Crippen LogP contribution >= 0.6 is 23.1 Å². The number of hydrogen-bond donors (Lipinski definition) is 0. The smallest absolute Gasteiger partial charge is 0.409 e. The standard InChI is InChI=1S/C23H26N4O3S2/c1-4-30-23(28)27-13-10-16(11-14-27)21-26-19(15-5-7-17(29-2)8-6-15)20(32-21)18-9-12-24-22(25-18)31-3/h5-9,12,16H,4,10-11,13-14H2,1-3H3. The molecular weight excluding hydrogens is 444 g/mol. The van der Waals surface area contributed by atoms with Gasteiger partial charge in [0.05, 0.1) is 35.0 Å². The lowest BCUT2D eigenvalue weighted by Gasteiger charge is -2.30. The molecule has 2 aromatic heterocycles. The molecule has 0 N–H and O–H groups in total. The van der Waals surface area contributed by atoms with Crippen LogP contribution in [-0.4, -0.2) is 59.0 Å². The minimum absolute atomic E-state index is 0.227. The van der Waals surface area contributed by atoms with E-state index in [2.05, 4.69) is 4.98 Å². The molecule has 1 aromatic carbocycles. The van der Waals surface area contributed by atoms with Gasteiger partial charge < -0.3 is 14.4 Å². The number of benzene rings is 1. The topological polar surface area (TPSA) is 77.4 Å². The lowest BCUT2D eigenvalue weighted by Crippen LogP contribution is -2.38. The molecule has 4 rings (SSSR count). The van der Waals surface area contributed by atoms with Gasteiger partial charge in [0, 0.05) is 30.8 Å². The van der Waals surface area contributed by atoms with Crippen molar-refractivity contribution in [3.8, 4) is 27.6 Å². The molecule has 1 fully saturated rings. The van der Waals surface area contributed by atoms with Crippen LogP contribution in [0.3, 0.4) is 0 Å². The molecule has 1 aliphatic rings. The molecule has 0 atom stereocenters. The van der Waals surface area contributed by atoms with Crippen molar-refractivity contribution in [2.75, 3.05) is 33.1 Å². The highest BCUT2D eigenvalue weighted by atomic mass is 32.2. The molecule has 1 saturated heterocycles. The SMILES string of the molecule is CCOC(=O)N1CCC(c2nc(-c3ccc(OC)cc3)c(-c3ccnc(SC)n3)s2)CC1. The van der Waals surface area contributed by atoms with E-state index in [1.165, 1.54) is 11.8 Å². The average Bonchev–Trinajstić information content (AvgIpc) is 3.30. The highest BCUT2D eigenvalue weighted by Gasteiger charge is 2.28. The number of thioether (sulfide) groups is 1. The predicted molar refractivity (Wildman–Crippen MR) is 127 cm³/mol. The molecule has 0 bridgehead atoms. The molecule has 0 radical (unpaired) electrons. The summed E-state index contributed by atoms with van der Waals surface area (Å²) in [6, 6.07) is 9.89. The number of carbonyl (C=O) groups is 1. The Morgan fingerprint density at radius 1 is 1.19 bits per heavy atom. The van der Waals surface area contributed by atoms with E-state index in [1.54, 1.807) is 29.5 Å². The Bertz CT molecular complexity index is 1060. The molecule has 0 saturated carbocycles. The van der Waals surface area contributed by atoms with E-state index in [0.717, 1.165) is 50.6 Å². The lowest BCUT2D eigenvalue weighted by atomic mass is 9.98. The van der Waals surface area contributed by atoms with E-state index >= 15 is 0 Å². The van der Waals surface area contributed by atoms with E-state index in [4.69, 9.17) is 19.4 Å². The number of carbonyl (C=O) groups excluding carboxylic acids is 1. The molecule has 7 nitrogen and oxygen atoms in total. The first-order valence-corrected chi connectivity index (χ1v) is 12.6. The minimum Gasteiger partial charge on any atom is -0.497 e. The van der Waals surface area contributed by atoms with Crippen LogP contribution in [0.25, 0.3) is 21.8 Å². The molecule has 0 aliphatic carbocycles. The largest absolute Gasteiger partial charge is 0.497 e. The Morgan fingerprint density at radius 3 is 2.59 bits per heavy atom. The summed E-state index contributed by atoms with van der Waals surface area (Å²) in [6.45, 7) is 3.59. The van der Waals surface area contributed by atoms with Crippen molar-refractivity contribution < 1.29 is 14.3 Å². The number of rotatable bonds is 6. The molecule has 3 aromatic rings. The Balaban J connectivity index is 1.65. The van der Waals surface area contributed by atoms with Gasteiger partial charge in [-0.25, -0.2) is 19.7 Å². The minimum atomic E-state index is -0.227. The lowest BCUT2D eigenvalue weighted by molar-refractivity contribution is 0.0970. The molecule has 0 unspecified atom stereocenters. The summed E-state index contributed by atoms with van der Waals surface area (Å²) >= 11 is 3.21. The number of ether oxygens (including phenoxy) is 2. The Kier molecular flexibility index (Phi) is 7.26. The van der Waals surface area contributed by atoms with Gasteiger partial charge in [0.1, 0.15) is 5.75 Å². The van der Waals surface area contributed by atoms with Crippen molar-refractivity contribution in [1.82, 2.24) is 19.9 Å². The van der Waals surface area contributed by atoms with Gasteiger partial charge in [-0.1, -0.05) is 11.8 Å². The third-order valence-electron chi connectivity index (χ3n) is 5.43. The summed E-state index contributed by atoms with van der Waals surface area (Å²) in [4.78, 5) is 29.0. The maximum Gasteiger partial charge on any atom is 0.409 e. The van der Waals surface area contributed by atoms with E-state index < -0.39 is 0 Å². The van der Waals surface area contributed by atoms with Crippen LogP contribution in [0.4, 0.5) is 4.79 Å². The normalized spacial score (nSPS) is 14.4. The maximum atomic E-state index is 12.0. The number of amides is 1. The number of methoxy groups -OCH3 is 1. The van der Waals surface area contributed by atoms with Crippen LogP contribution in [0.2, 0.25) is 0 Å². The Hall–Kier alpha value is -2.65. The van der Waals surface area contributed by atoms with Gasteiger partial charge in [-0.05, 0) is 56.4 Å². The van der Waals surface area contributed by atoms with Gasteiger partial charge in [0.25, 0.3) is 0 Å². The molecule has 168 valence electrons. The second-order valence-electron chi connectivity index (χ2n) is 7.35. The van der Waals surface area contributed by atoms with Crippen molar-refractivity contribution in [2.45, 2.75) is 30.8 Å². The second kappa shape index (κ2) is 10.3. The van der Waals surface area contributed by atoms with Crippen molar-refractivity contribution in [3.63, 3.8) is 0 Å². The summed E-state index contributed by atoms with van der Waals surface area (Å²) < 4.78 is 10.5. The van der Waals surface area contributed by atoms with Crippen LogP contribution < -0.4 is 4.74 Å². The molecule has 9 heteroatoms. The van der Waals surface area contributed by atoms with Gasteiger partial charge in [0.2, 0.25) is 0 Å². The molecule has 1 amide bonds. The van der Waals surface area contributed by atoms with E-state index in [-0.39, 0.29) is 6.09 Å². The van der Waals surface area contributed by atoms with Crippen LogP contribution in [0.5, 0.6) is 5.75 Å². The fourth-order valence-electron chi connectivity index (χ4n) is 3.72. The molecule has 0 spiro atoms. The number of aromatic nitrogens is 3. The summed E-state index contributed by atoms with van der Waals surface area (Å²) in [6.07, 6.45) is 5.28. The second-order valence-corrected chi connectivity index (χ2v) is 9.15. The average molecular weight is 471 g/mol. The zero-order valence-electron chi connectivity index (χ0n) is 18.4. The summed E-state index contributed by atoms with van der Waals surface area (Å²) in [5, 5.41) is 1.82. The van der Waals surface area contributed by atoms with Crippen LogP contribution in [0.1, 0.15) is 30.7 Å². The van der Waals surface area contributed by atoms with E-state index in [0.29, 0.717) is 25.6 Å². The van der Waals surface area contributed by atoms with Gasteiger partial charge in [0.15, 0.2) is 5.16 Å². The number of hydrogen-bond acceptors (Lipinski definition) is 8. The monoisotopic (exact) mass is 470 g/mol. The van der Waals surface area contributed by atoms with Crippen molar-refractivity contribution in [3.05, 3.63) is 41.5 Å². The fraction of sp³-hybridized carbons (Fsp3) is 0.391. The summed E-state index contributed by atoms with van der Waals surface area (Å²) in [5.74, 6) is 1.11. The number of thiazole rings is 1. The van der Waals surface area contributed by atoms with Crippen LogP contribution in [0, 0.1) is 0 Å². The summed E-state index contributed by atoms with van der Waals surface area (Å²) in [7, 11) is 1.66. The van der Waals surface area contributed by atoms with Crippen molar-refractivity contribution in [2.24, 2.45) is 0 Å². The molecular formula is C23H26N4O3S2. The zero-order valence-corrected chi connectivity index (χ0v) is 20.0. The van der Waals surface area contributed by atoms with Crippen molar-refractivity contribution in [1.29, 1.82) is 0 Å². The zero-order chi connectivity index (χ0) is 22.5. The highest BCUT2D eigenvalue weighted by molar-refractivity contribution is 7.98. The van der Waals surface area contributed by atoms with Gasteiger partial charge >= 0.3 is 6.09 Å². The van der Waals surface area contributed by atoms with Gasteiger partial charge in [-0.3, -0.25) is 0 Å². The molecule has 32 heavy (non-hydrogen) atoms. The highest BCUT2D eigenvalue weighted by Crippen LogP contribution is 2.41. The maximum absolute atomic E-state index is 12.0. The van der Waals surface area contributed by atoms with E-state index in [9.17, 15) is 4.79 Å². The number of likely N-dealkylation sites (tertiary alicyclic amines) is 1. The fourth-order valence-corrected chi connectivity index (χ4v) is 5.30. The molecule has 3 heterocycles. The Labute approximate surface area is 196 Å². The first-order valence-electron chi connectivity index (χ1n) is 10.6. The quantitative estimate of drug-likeness (QED) is 0.356. The predicted octanol–water partition coefficient (Wildman–Crippen LogP) is 5.33. The van der Waals surface area contributed by atoms with E-state index in [1.807, 2.05) is 43.5 Å². The Morgan fingerprint density at radius 2 is 1.94 bits per heavy atom. The molecule has 1 aliphatic heterocycles. The van der Waals surface area contributed by atoms with Gasteiger partial charge in [-0.2, -0.15) is 0 Å². The third-order valence-corrected chi connectivity index (χ3v) is 7.23.